The lowest BCUT2D eigenvalue weighted by Crippen LogP contribution is -2.51. The first-order valence-corrected chi connectivity index (χ1v) is 9.15. The number of benzene rings is 2. The van der Waals surface area contributed by atoms with Gasteiger partial charge in [0.2, 0.25) is 0 Å². The van der Waals surface area contributed by atoms with Crippen molar-refractivity contribution in [3.8, 4) is 0 Å². The maximum atomic E-state index is 11.4. The van der Waals surface area contributed by atoms with Gasteiger partial charge in [-0.3, -0.25) is 0 Å². The van der Waals surface area contributed by atoms with Gasteiger partial charge in [-0.25, -0.2) is 0 Å². The number of nitrogens with one attached hydrogen (secondary N) is 1. The maximum Gasteiger partial charge on any atom is 0.0743 e. The molecule has 132 valence electrons. The highest BCUT2D eigenvalue weighted by atomic mass is 16.3. The van der Waals surface area contributed by atoms with Crippen molar-refractivity contribution in [2.75, 3.05) is 0 Å². The molecule has 0 aromatic heterocycles. The van der Waals surface area contributed by atoms with Crippen LogP contribution in [0.25, 0.3) is 0 Å². The number of aryl methyl sites for hydroxylation is 2. The molecule has 0 amide bonds. The van der Waals surface area contributed by atoms with Crippen LogP contribution in [-0.2, 0) is 0 Å². The zero-order valence-corrected chi connectivity index (χ0v) is 15.5. The third kappa shape index (κ3) is 3.70. The standard InChI is InChI=1S/C23H29NO/c1-5-14-23(25)15-21(19-10-6-16(2)7-11-19)24-22(18(23)4)20-12-8-17(3)9-13-20/h5-13,18,21-22,24-25H,1,14-15H2,2-4H3/t18-,21+,22+,23-/m0/s1. The van der Waals surface area contributed by atoms with E-state index in [2.05, 4.69) is 81.2 Å². The summed E-state index contributed by atoms with van der Waals surface area (Å²) in [6, 6.07) is 17.5. The minimum absolute atomic E-state index is 0.106. The second kappa shape index (κ2) is 7.15. The van der Waals surface area contributed by atoms with Crippen LogP contribution in [0, 0.1) is 19.8 Å². The SMILES string of the molecule is C=CC[C@]1(O)C[C@H](c2ccc(C)cc2)N[C@@H](c2ccc(C)cc2)[C@@H]1C. The molecule has 1 fully saturated rings. The Bertz CT molecular complexity index is 719. The average molecular weight is 335 g/mol. The normalized spacial score (nSPS) is 29.4. The van der Waals surface area contributed by atoms with Gasteiger partial charge in [-0.2, -0.15) is 0 Å². The van der Waals surface area contributed by atoms with Crippen molar-refractivity contribution in [3.63, 3.8) is 0 Å². The van der Waals surface area contributed by atoms with Gasteiger partial charge in [0, 0.05) is 18.0 Å². The van der Waals surface area contributed by atoms with E-state index in [4.69, 9.17) is 0 Å². The molecule has 2 N–H and O–H groups in total. The lowest BCUT2D eigenvalue weighted by Gasteiger charge is -2.47. The number of aliphatic hydroxyl groups is 1. The van der Waals surface area contributed by atoms with E-state index in [0.29, 0.717) is 12.8 Å². The molecule has 1 aliphatic rings. The van der Waals surface area contributed by atoms with E-state index < -0.39 is 5.60 Å². The Morgan fingerprint density at radius 2 is 1.56 bits per heavy atom. The lowest BCUT2D eigenvalue weighted by atomic mass is 9.70. The van der Waals surface area contributed by atoms with Gasteiger partial charge in [0.1, 0.15) is 0 Å². The van der Waals surface area contributed by atoms with E-state index in [9.17, 15) is 5.11 Å². The van der Waals surface area contributed by atoms with E-state index in [0.717, 1.165) is 0 Å². The molecule has 0 aliphatic carbocycles. The first kappa shape index (κ1) is 17.9. The van der Waals surface area contributed by atoms with Crippen LogP contribution in [0.3, 0.4) is 0 Å². The van der Waals surface area contributed by atoms with Crippen LogP contribution in [0.4, 0.5) is 0 Å². The topological polar surface area (TPSA) is 32.3 Å². The predicted molar refractivity (Wildman–Crippen MR) is 105 cm³/mol. The van der Waals surface area contributed by atoms with Crippen molar-refractivity contribution < 1.29 is 5.11 Å². The van der Waals surface area contributed by atoms with Gasteiger partial charge in [-0.05, 0) is 37.8 Å². The van der Waals surface area contributed by atoms with Crippen LogP contribution in [0.2, 0.25) is 0 Å². The fourth-order valence-corrected chi connectivity index (χ4v) is 3.96. The summed E-state index contributed by atoms with van der Waals surface area (Å²) in [6.07, 6.45) is 3.16. The third-order valence-electron chi connectivity index (χ3n) is 5.70. The van der Waals surface area contributed by atoms with Crippen molar-refractivity contribution in [1.29, 1.82) is 0 Å². The molecule has 0 bridgehead atoms. The number of hydrogen-bond donors (Lipinski definition) is 2. The molecule has 1 saturated heterocycles. The van der Waals surface area contributed by atoms with Gasteiger partial charge in [-0.1, -0.05) is 72.7 Å². The molecule has 2 heteroatoms. The van der Waals surface area contributed by atoms with Crippen LogP contribution in [-0.4, -0.2) is 10.7 Å². The molecule has 4 atom stereocenters. The van der Waals surface area contributed by atoms with Crippen LogP contribution >= 0.6 is 0 Å². The van der Waals surface area contributed by atoms with E-state index >= 15 is 0 Å². The fourth-order valence-electron chi connectivity index (χ4n) is 3.96. The summed E-state index contributed by atoms with van der Waals surface area (Å²) in [6.45, 7) is 10.2. The van der Waals surface area contributed by atoms with Crippen LogP contribution in [0.5, 0.6) is 0 Å². The van der Waals surface area contributed by atoms with E-state index in [1.807, 2.05) is 6.08 Å². The molecule has 0 unspecified atom stereocenters. The quantitative estimate of drug-likeness (QED) is 0.769. The highest BCUT2D eigenvalue weighted by Gasteiger charge is 2.45. The number of rotatable bonds is 4. The molecule has 0 radical (unpaired) electrons. The average Bonchev–Trinajstić information content (AvgIpc) is 2.59. The number of hydrogen-bond acceptors (Lipinski definition) is 2. The number of piperidine rings is 1. The minimum Gasteiger partial charge on any atom is -0.389 e. The summed E-state index contributed by atoms with van der Waals surface area (Å²) in [5, 5.41) is 15.2. The summed E-state index contributed by atoms with van der Waals surface area (Å²) in [5.41, 5.74) is 4.22. The van der Waals surface area contributed by atoms with Gasteiger partial charge in [0.25, 0.3) is 0 Å². The molecule has 2 aromatic carbocycles. The Morgan fingerprint density at radius 3 is 2.08 bits per heavy atom. The molecule has 2 aromatic rings. The van der Waals surface area contributed by atoms with Gasteiger partial charge < -0.3 is 10.4 Å². The van der Waals surface area contributed by atoms with E-state index in [-0.39, 0.29) is 18.0 Å². The monoisotopic (exact) mass is 335 g/mol. The predicted octanol–water partition coefficient (Wildman–Crippen LogP) is 5.02. The van der Waals surface area contributed by atoms with Gasteiger partial charge >= 0.3 is 0 Å². The van der Waals surface area contributed by atoms with Crippen LogP contribution in [0.1, 0.15) is 54.1 Å². The highest BCUT2D eigenvalue weighted by molar-refractivity contribution is 5.30. The second-order valence-corrected chi connectivity index (χ2v) is 7.61. The minimum atomic E-state index is -0.752. The molecular weight excluding hydrogens is 306 g/mol. The van der Waals surface area contributed by atoms with Crippen molar-refractivity contribution in [2.45, 2.75) is 51.3 Å². The molecule has 0 spiro atoms. The summed E-state index contributed by atoms with van der Waals surface area (Å²) in [4.78, 5) is 0. The van der Waals surface area contributed by atoms with E-state index in [1.165, 1.54) is 22.3 Å². The van der Waals surface area contributed by atoms with Gasteiger partial charge in [-0.15, -0.1) is 6.58 Å². The summed E-state index contributed by atoms with van der Waals surface area (Å²) in [7, 11) is 0. The van der Waals surface area contributed by atoms with Crippen LogP contribution < -0.4 is 5.32 Å². The lowest BCUT2D eigenvalue weighted by molar-refractivity contribution is -0.0654. The summed E-state index contributed by atoms with van der Waals surface area (Å²) >= 11 is 0. The molecule has 1 heterocycles. The summed E-state index contributed by atoms with van der Waals surface area (Å²) < 4.78 is 0. The molecule has 3 rings (SSSR count). The maximum absolute atomic E-state index is 11.4. The Kier molecular flexibility index (Phi) is 5.12. The highest BCUT2D eigenvalue weighted by Crippen LogP contribution is 2.44. The molecular formula is C23H29NO. The van der Waals surface area contributed by atoms with Crippen molar-refractivity contribution in [1.82, 2.24) is 5.32 Å². The molecule has 1 aliphatic heterocycles. The smallest absolute Gasteiger partial charge is 0.0743 e. The van der Waals surface area contributed by atoms with E-state index in [1.54, 1.807) is 0 Å². The molecule has 25 heavy (non-hydrogen) atoms. The Labute approximate surface area is 151 Å². The first-order valence-electron chi connectivity index (χ1n) is 9.15. The molecule has 0 saturated carbocycles. The third-order valence-corrected chi connectivity index (χ3v) is 5.70. The fraction of sp³-hybridized carbons (Fsp3) is 0.391. The van der Waals surface area contributed by atoms with Crippen LogP contribution in [0.15, 0.2) is 61.2 Å². The largest absolute Gasteiger partial charge is 0.389 e. The van der Waals surface area contributed by atoms with Gasteiger partial charge in [0.15, 0.2) is 0 Å². The van der Waals surface area contributed by atoms with Crippen molar-refractivity contribution >= 4 is 0 Å². The summed E-state index contributed by atoms with van der Waals surface area (Å²) in [5.74, 6) is 0.106. The zero-order chi connectivity index (χ0) is 18.0. The zero-order valence-electron chi connectivity index (χ0n) is 15.5. The second-order valence-electron chi connectivity index (χ2n) is 7.61. The van der Waals surface area contributed by atoms with Gasteiger partial charge in [0.05, 0.1) is 5.60 Å². The molecule has 2 nitrogen and oxygen atoms in total. The van der Waals surface area contributed by atoms with Crippen molar-refractivity contribution in [2.24, 2.45) is 5.92 Å². The van der Waals surface area contributed by atoms with Crippen molar-refractivity contribution in [3.05, 3.63) is 83.4 Å². The first-order chi connectivity index (χ1) is 11.9. The Morgan fingerprint density at radius 1 is 1.04 bits per heavy atom. The Hall–Kier alpha value is -1.90. The Balaban J connectivity index is 1.97.